The monoisotopic (exact) mass is 334 g/mol. The standard InChI is InChI=1S/C19H22N6/c1-3-25-12-24-17-8-15-16(9-18(17)25)22-11-23-19(15)21-10-13-4-6-14(20-2)7-5-13/h4-9,11,20,24H,3,10,12H2,1-2H3,(H,21,22,23). The molecule has 1 aliphatic rings. The molecule has 3 N–H and O–H groups in total. The van der Waals surface area contributed by atoms with Gasteiger partial charge in [-0.05, 0) is 36.8 Å². The molecular weight excluding hydrogens is 312 g/mol. The zero-order chi connectivity index (χ0) is 17.2. The van der Waals surface area contributed by atoms with Crippen LogP contribution in [0, 0.1) is 0 Å². The number of rotatable bonds is 5. The van der Waals surface area contributed by atoms with Gasteiger partial charge in [-0.1, -0.05) is 12.1 Å². The van der Waals surface area contributed by atoms with Crippen LogP contribution < -0.4 is 20.9 Å². The fourth-order valence-corrected chi connectivity index (χ4v) is 3.16. The molecule has 2 aromatic carbocycles. The molecule has 0 spiro atoms. The molecule has 0 fully saturated rings. The van der Waals surface area contributed by atoms with E-state index >= 15 is 0 Å². The average Bonchev–Trinajstić information content (AvgIpc) is 3.07. The number of anilines is 4. The minimum absolute atomic E-state index is 0.724. The van der Waals surface area contributed by atoms with Crippen LogP contribution in [0.1, 0.15) is 12.5 Å². The van der Waals surface area contributed by atoms with Crippen molar-refractivity contribution in [3.8, 4) is 0 Å². The van der Waals surface area contributed by atoms with Gasteiger partial charge in [-0.2, -0.15) is 0 Å². The van der Waals surface area contributed by atoms with Crippen molar-refractivity contribution in [3.63, 3.8) is 0 Å². The zero-order valence-electron chi connectivity index (χ0n) is 14.5. The molecule has 128 valence electrons. The number of nitrogens with one attached hydrogen (secondary N) is 3. The van der Waals surface area contributed by atoms with Gasteiger partial charge in [-0.15, -0.1) is 0 Å². The second-order valence-corrected chi connectivity index (χ2v) is 6.10. The van der Waals surface area contributed by atoms with Gasteiger partial charge in [0.05, 0.1) is 23.6 Å². The molecule has 0 amide bonds. The quantitative estimate of drug-likeness (QED) is 0.664. The predicted octanol–water partition coefficient (Wildman–Crippen LogP) is 3.49. The molecule has 6 nitrogen and oxygen atoms in total. The van der Waals surface area contributed by atoms with E-state index in [0.29, 0.717) is 0 Å². The Balaban J connectivity index is 1.61. The van der Waals surface area contributed by atoms with Crippen molar-refractivity contribution in [1.29, 1.82) is 0 Å². The van der Waals surface area contributed by atoms with Gasteiger partial charge in [0.15, 0.2) is 0 Å². The molecule has 0 aliphatic carbocycles. The first-order chi connectivity index (χ1) is 12.3. The lowest BCUT2D eigenvalue weighted by Gasteiger charge is -2.15. The molecule has 0 radical (unpaired) electrons. The van der Waals surface area contributed by atoms with Crippen molar-refractivity contribution in [2.24, 2.45) is 0 Å². The summed E-state index contributed by atoms with van der Waals surface area (Å²) in [4.78, 5) is 11.2. The second-order valence-electron chi connectivity index (χ2n) is 6.10. The first kappa shape index (κ1) is 15.5. The SMILES string of the molecule is CCN1CNc2cc3c(NCc4ccc(NC)cc4)ncnc3cc21. The summed E-state index contributed by atoms with van der Waals surface area (Å²) in [6.07, 6.45) is 1.62. The Morgan fingerprint density at radius 3 is 2.76 bits per heavy atom. The van der Waals surface area contributed by atoms with Gasteiger partial charge in [-0.3, -0.25) is 0 Å². The lowest BCUT2D eigenvalue weighted by Crippen LogP contribution is -2.21. The highest BCUT2D eigenvalue weighted by molar-refractivity contribution is 5.97. The van der Waals surface area contributed by atoms with Gasteiger partial charge >= 0.3 is 0 Å². The van der Waals surface area contributed by atoms with E-state index in [2.05, 4.69) is 74.1 Å². The van der Waals surface area contributed by atoms with E-state index in [1.54, 1.807) is 6.33 Å². The van der Waals surface area contributed by atoms with E-state index in [1.807, 2.05) is 7.05 Å². The zero-order valence-corrected chi connectivity index (χ0v) is 14.5. The average molecular weight is 334 g/mol. The molecular formula is C19H22N6. The molecule has 0 saturated carbocycles. The molecule has 1 aliphatic heterocycles. The normalized spacial score (nSPS) is 12.8. The van der Waals surface area contributed by atoms with E-state index in [4.69, 9.17) is 0 Å². The number of hydrogen-bond acceptors (Lipinski definition) is 6. The molecule has 4 rings (SSSR count). The van der Waals surface area contributed by atoms with Crippen molar-refractivity contribution in [3.05, 3.63) is 48.3 Å². The van der Waals surface area contributed by atoms with Gasteiger partial charge in [0.2, 0.25) is 0 Å². The van der Waals surface area contributed by atoms with Crippen LogP contribution in [0.25, 0.3) is 10.9 Å². The first-order valence-corrected chi connectivity index (χ1v) is 8.56. The topological polar surface area (TPSA) is 65.1 Å². The second kappa shape index (κ2) is 6.47. The Morgan fingerprint density at radius 1 is 1.16 bits per heavy atom. The van der Waals surface area contributed by atoms with Gasteiger partial charge in [0.1, 0.15) is 12.1 Å². The Kier molecular flexibility index (Phi) is 4.01. The van der Waals surface area contributed by atoms with Crippen LogP contribution in [0.3, 0.4) is 0 Å². The summed E-state index contributed by atoms with van der Waals surface area (Å²) in [7, 11) is 1.92. The third-order valence-corrected chi connectivity index (χ3v) is 4.64. The van der Waals surface area contributed by atoms with Gasteiger partial charge in [0, 0.05) is 31.2 Å². The van der Waals surface area contributed by atoms with Crippen LogP contribution in [0.4, 0.5) is 22.9 Å². The first-order valence-electron chi connectivity index (χ1n) is 8.56. The third-order valence-electron chi connectivity index (χ3n) is 4.64. The van der Waals surface area contributed by atoms with Crippen LogP contribution in [-0.2, 0) is 6.54 Å². The van der Waals surface area contributed by atoms with Crippen molar-refractivity contribution in [2.75, 3.05) is 41.1 Å². The van der Waals surface area contributed by atoms with E-state index in [1.165, 1.54) is 11.3 Å². The van der Waals surface area contributed by atoms with E-state index in [-0.39, 0.29) is 0 Å². The van der Waals surface area contributed by atoms with Crippen molar-refractivity contribution in [2.45, 2.75) is 13.5 Å². The van der Waals surface area contributed by atoms with E-state index < -0.39 is 0 Å². The summed E-state index contributed by atoms with van der Waals surface area (Å²) >= 11 is 0. The fraction of sp³-hybridized carbons (Fsp3) is 0.263. The molecule has 0 bridgehead atoms. The lowest BCUT2D eigenvalue weighted by atomic mass is 10.1. The summed E-state index contributed by atoms with van der Waals surface area (Å²) in [5, 5.41) is 11.1. The molecule has 0 saturated heterocycles. The van der Waals surface area contributed by atoms with Gasteiger partial charge < -0.3 is 20.9 Å². The molecule has 0 atom stereocenters. The van der Waals surface area contributed by atoms with Crippen molar-refractivity contribution < 1.29 is 0 Å². The van der Waals surface area contributed by atoms with Crippen LogP contribution in [0.5, 0.6) is 0 Å². The molecule has 0 unspecified atom stereocenters. The summed E-state index contributed by atoms with van der Waals surface area (Å²) in [5.41, 5.74) is 5.64. The van der Waals surface area contributed by atoms with Crippen molar-refractivity contribution in [1.82, 2.24) is 9.97 Å². The van der Waals surface area contributed by atoms with Gasteiger partial charge in [0.25, 0.3) is 0 Å². The number of fused-ring (bicyclic) bond motifs is 2. The van der Waals surface area contributed by atoms with Crippen LogP contribution >= 0.6 is 0 Å². The number of aromatic nitrogens is 2. The maximum Gasteiger partial charge on any atom is 0.137 e. The van der Waals surface area contributed by atoms with E-state index in [9.17, 15) is 0 Å². The summed E-state index contributed by atoms with van der Waals surface area (Å²) in [5.74, 6) is 0.863. The van der Waals surface area contributed by atoms with E-state index in [0.717, 1.165) is 47.9 Å². The minimum atomic E-state index is 0.724. The Morgan fingerprint density at radius 2 is 2.00 bits per heavy atom. The van der Waals surface area contributed by atoms with Crippen molar-refractivity contribution >= 4 is 33.8 Å². The predicted molar refractivity (Wildman–Crippen MR) is 104 cm³/mol. The molecule has 6 heteroatoms. The summed E-state index contributed by atoms with van der Waals surface area (Å²) in [6, 6.07) is 12.7. The maximum absolute atomic E-state index is 4.45. The highest BCUT2D eigenvalue weighted by Gasteiger charge is 2.19. The third kappa shape index (κ3) is 2.91. The van der Waals surface area contributed by atoms with Gasteiger partial charge in [-0.25, -0.2) is 9.97 Å². The van der Waals surface area contributed by atoms with Crippen LogP contribution in [0.2, 0.25) is 0 Å². The number of nitrogens with zero attached hydrogens (tertiary/aromatic N) is 3. The highest BCUT2D eigenvalue weighted by atomic mass is 15.3. The van der Waals surface area contributed by atoms with Crippen LogP contribution in [-0.4, -0.2) is 30.2 Å². The van der Waals surface area contributed by atoms with Crippen LogP contribution in [0.15, 0.2) is 42.7 Å². The summed E-state index contributed by atoms with van der Waals surface area (Å²) < 4.78 is 0. The Bertz CT molecular complexity index is 890. The lowest BCUT2D eigenvalue weighted by molar-refractivity contribution is 0.911. The number of hydrogen-bond donors (Lipinski definition) is 3. The molecule has 2 heterocycles. The number of benzene rings is 2. The highest BCUT2D eigenvalue weighted by Crippen LogP contribution is 2.36. The summed E-state index contributed by atoms with van der Waals surface area (Å²) in [6.45, 7) is 4.70. The largest absolute Gasteiger partial charge is 0.388 e. The molecule has 25 heavy (non-hydrogen) atoms. The maximum atomic E-state index is 4.45. The molecule has 1 aromatic heterocycles. The Labute approximate surface area is 147 Å². The smallest absolute Gasteiger partial charge is 0.137 e. The molecule has 3 aromatic rings. The Hall–Kier alpha value is -3.02. The minimum Gasteiger partial charge on any atom is -0.388 e. The fourth-order valence-electron chi connectivity index (χ4n) is 3.16.